The molecule has 0 amide bonds. The third-order valence-electron chi connectivity index (χ3n) is 3.32. The minimum Gasteiger partial charge on any atom is -0.380 e. The highest BCUT2D eigenvalue weighted by atomic mass is 32.1. The van der Waals surface area contributed by atoms with Crippen LogP contribution in [0.15, 0.2) is 55.0 Å². The molecule has 1 atom stereocenters. The fourth-order valence-corrected chi connectivity index (χ4v) is 3.03. The second-order valence-electron chi connectivity index (χ2n) is 4.84. The molecule has 2 heterocycles. The zero-order valence-electron chi connectivity index (χ0n) is 11.3. The van der Waals surface area contributed by atoms with Crippen molar-refractivity contribution in [3.8, 4) is 10.6 Å². The zero-order valence-corrected chi connectivity index (χ0v) is 12.1. The van der Waals surface area contributed by atoms with Crippen LogP contribution in [0, 0.1) is 5.82 Å². The summed E-state index contributed by atoms with van der Waals surface area (Å²) < 4.78 is 13.0. The minimum absolute atomic E-state index is 0.278. The van der Waals surface area contributed by atoms with E-state index in [-0.39, 0.29) is 5.82 Å². The standard InChI is InChI=1S/C16H13FN2OS/c1-16(20,12-6-8-18-9-7-12)14-10-19-15(21-14)11-2-4-13(17)5-3-11/h2-10,20H,1H3. The molecule has 5 heteroatoms. The minimum atomic E-state index is -1.13. The summed E-state index contributed by atoms with van der Waals surface area (Å²) in [4.78, 5) is 9.01. The largest absolute Gasteiger partial charge is 0.380 e. The van der Waals surface area contributed by atoms with Crippen molar-refractivity contribution in [2.45, 2.75) is 12.5 Å². The number of thiazole rings is 1. The highest BCUT2D eigenvalue weighted by Crippen LogP contribution is 2.35. The Balaban J connectivity index is 1.96. The maximum atomic E-state index is 13.0. The van der Waals surface area contributed by atoms with Crippen LogP contribution in [0.25, 0.3) is 10.6 Å². The molecule has 3 nitrogen and oxygen atoms in total. The summed E-state index contributed by atoms with van der Waals surface area (Å²) >= 11 is 1.39. The predicted octanol–water partition coefficient (Wildman–Crippen LogP) is 3.60. The third kappa shape index (κ3) is 2.70. The van der Waals surface area contributed by atoms with E-state index in [1.165, 1.54) is 23.5 Å². The molecule has 0 saturated carbocycles. The van der Waals surface area contributed by atoms with Gasteiger partial charge in [-0.25, -0.2) is 9.37 Å². The Morgan fingerprint density at radius 3 is 2.43 bits per heavy atom. The highest BCUT2D eigenvalue weighted by Gasteiger charge is 2.28. The van der Waals surface area contributed by atoms with Crippen LogP contribution < -0.4 is 0 Å². The Bertz CT molecular complexity index is 738. The Kier molecular flexibility index (Phi) is 3.53. The molecule has 0 aliphatic rings. The van der Waals surface area contributed by atoms with Crippen LogP contribution in [0.3, 0.4) is 0 Å². The molecule has 0 fully saturated rings. The average molecular weight is 300 g/mol. The van der Waals surface area contributed by atoms with Crippen molar-refractivity contribution >= 4 is 11.3 Å². The van der Waals surface area contributed by atoms with E-state index in [4.69, 9.17) is 0 Å². The fraction of sp³-hybridized carbons (Fsp3) is 0.125. The number of halogens is 1. The van der Waals surface area contributed by atoms with Crippen LogP contribution >= 0.6 is 11.3 Å². The smallest absolute Gasteiger partial charge is 0.123 e. The van der Waals surface area contributed by atoms with Crippen molar-refractivity contribution in [3.05, 3.63) is 71.2 Å². The van der Waals surface area contributed by atoms with Gasteiger partial charge in [0.1, 0.15) is 16.4 Å². The first kappa shape index (κ1) is 13.9. The van der Waals surface area contributed by atoms with Crippen LogP contribution in [-0.4, -0.2) is 15.1 Å². The average Bonchev–Trinajstić information content (AvgIpc) is 2.99. The van der Waals surface area contributed by atoms with Gasteiger partial charge in [0.15, 0.2) is 0 Å². The summed E-state index contributed by atoms with van der Waals surface area (Å²) in [6, 6.07) is 9.71. The van der Waals surface area contributed by atoms with Gasteiger partial charge >= 0.3 is 0 Å². The second-order valence-corrected chi connectivity index (χ2v) is 5.88. The van der Waals surface area contributed by atoms with Gasteiger partial charge in [-0.1, -0.05) is 0 Å². The normalized spacial score (nSPS) is 13.9. The Hall–Kier alpha value is -2.11. The SMILES string of the molecule is CC(O)(c1ccncc1)c1cnc(-c2ccc(F)cc2)s1. The molecule has 106 valence electrons. The van der Waals surface area contributed by atoms with Crippen LogP contribution in [0.4, 0.5) is 4.39 Å². The van der Waals surface area contributed by atoms with Gasteiger partial charge in [0.05, 0.1) is 4.88 Å². The molecule has 0 spiro atoms. The van der Waals surface area contributed by atoms with Crippen LogP contribution in [-0.2, 0) is 5.60 Å². The van der Waals surface area contributed by atoms with Crippen molar-refractivity contribution in [2.75, 3.05) is 0 Å². The summed E-state index contributed by atoms with van der Waals surface area (Å²) in [5.74, 6) is -0.278. The molecule has 21 heavy (non-hydrogen) atoms. The van der Waals surface area contributed by atoms with Crippen molar-refractivity contribution < 1.29 is 9.50 Å². The quantitative estimate of drug-likeness (QED) is 0.804. The molecule has 0 radical (unpaired) electrons. The molecule has 1 unspecified atom stereocenters. The maximum absolute atomic E-state index is 13.0. The number of hydrogen-bond acceptors (Lipinski definition) is 4. The summed E-state index contributed by atoms with van der Waals surface area (Å²) in [6.07, 6.45) is 4.95. The van der Waals surface area contributed by atoms with Gasteiger partial charge in [0.2, 0.25) is 0 Å². The van der Waals surface area contributed by atoms with E-state index in [0.717, 1.165) is 21.0 Å². The number of pyridine rings is 1. The third-order valence-corrected chi connectivity index (χ3v) is 4.58. The van der Waals surface area contributed by atoms with Gasteiger partial charge in [0.25, 0.3) is 0 Å². The van der Waals surface area contributed by atoms with Gasteiger partial charge in [-0.3, -0.25) is 4.98 Å². The van der Waals surface area contributed by atoms with E-state index >= 15 is 0 Å². The molecule has 3 aromatic rings. The summed E-state index contributed by atoms with van der Waals surface area (Å²) in [5.41, 5.74) is 0.462. The molecule has 2 aromatic heterocycles. The molecule has 1 aromatic carbocycles. The first-order chi connectivity index (χ1) is 10.1. The predicted molar refractivity (Wildman–Crippen MR) is 80.4 cm³/mol. The molecule has 0 saturated heterocycles. The Labute approximate surface area is 125 Å². The van der Waals surface area contributed by atoms with Crippen molar-refractivity contribution in [1.29, 1.82) is 0 Å². The number of rotatable bonds is 3. The second kappa shape index (κ2) is 5.35. The summed E-state index contributed by atoms with van der Waals surface area (Å²) in [6.45, 7) is 1.73. The fourth-order valence-electron chi connectivity index (χ4n) is 2.04. The maximum Gasteiger partial charge on any atom is 0.123 e. The van der Waals surface area contributed by atoms with Gasteiger partial charge < -0.3 is 5.11 Å². The molecule has 0 aliphatic carbocycles. The number of nitrogens with zero attached hydrogens (tertiary/aromatic N) is 2. The molecule has 0 bridgehead atoms. The van der Waals surface area contributed by atoms with E-state index < -0.39 is 5.60 Å². The molecule has 3 rings (SSSR count). The van der Waals surface area contributed by atoms with Crippen LogP contribution in [0.5, 0.6) is 0 Å². The number of aliphatic hydroxyl groups is 1. The van der Waals surface area contributed by atoms with Crippen molar-refractivity contribution in [2.24, 2.45) is 0 Å². The summed E-state index contributed by atoms with van der Waals surface area (Å²) in [7, 11) is 0. The van der Waals surface area contributed by atoms with E-state index in [1.54, 1.807) is 49.8 Å². The van der Waals surface area contributed by atoms with Crippen LogP contribution in [0.2, 0.25) is 0 Å². The monoisotopic (exact) mass is 300 g/mol. The van der Waals surface area contributed by atoms with Gasteiger partial charge in [-0.05, 0) is 48.9 Å². The topological polar surface area (TPSA) is 46.0 Å². The van der Waals surface area contributed by atoms with Crippen molar-refractivity contribution in [3.63, 3.8) is 0 Å². The molecule has 0 aliphatic heterocycles. The lowest BCUT2D eigenvalue weighted by Crippen LogP contribution is -2.21. The van der Waals surface area contributed by atoms with Gasteiger partial charge in [-0.15, -0.1) is 11.3 Å². The number of aromatic nitrogens is 2. The Morgan fingerprint density at radius 2 is 1.76 bits per heavy atom. The lowest BCUT2D eigenvalue weighted by Gasteiger charge is -2.21. The molecule has 1 N–H and O–H groups in total. The van der Waals surface area contributed by atoms with Crippen molar-refractivity contribution in [1.82, 2.24) is 9.97 Å². The lowest BCUT2D eigenvalue weighted by atomic mass is 9.96. The highest BCUT2D eigenvalue weighted by molar-refractivity contribution is 7.15. The zero-order chi connectivity index (χ0) is 14.9. The molecular formula is C16H13FN2OS. The van der Waals surface area contributed by atoms with E-state index in [2.05, 4.69) is 9.97 Å². The summed E-state index contributed by atoms with van der Waals surface area (Å²) in [5, 5.41) is 11.5. The Morgan fingerprint density at radius 1 is 1.10 bits per heavy atom. The first-order valence-corrected chi connectivity index (χ1v) is 7.24. The van der Waals surface area contributed by atoms with E-state index in [1.807, 2.05) is 0 Å². The first-order valence-electron chi connectivity index (χ1n) is 6.42. The molecular weight excluding hydrogens is 287 g/mol. The van der Waals surface area contributed by atoms with E-state index in [0.29, 0.717) is 0 Å². The van der Waals surface area contributed by atoms with Gasteiger partial charge in [0, 0.05) is 24.2 Å². The van der Waals surface area contributed by atoms with Crippen LogP contribution in [0.1, 0.15) is 17.4 Å². The van der Waals surface area contributed by atoms with E-state index in [9.17, 15) is 9.50 Å². The van der Waals surface area contributed by atoms with Gasteiger partial charge in [-0.2, -0.15) is 0 Å². The number of hydrogen-bond donors (Lipinski definition) is 1. The lowest BCUT2D eigenvalue weighted by molar-refractivity contribution is 0.106. The number of benzene rings is 1.